The third-order valence-corrected chi connectivity index (χ3v) is 8.70. The number of hydrogen-bond acceptors (Lipinski definition) is 10. The molecule has 3 aliphatic carbocycles. The van der Waals surface area contributed by atoms with Crippen LogP contribution < -0.4 is 16.0 Å². The van der Waals surface area contributed by atoms with Crippen LogP contribution >= 0.6 is 0 Å². The summed E-state index contributed by atoms with van der Waals surface area (Å²) >= 11 is 0. The number of nitrogens with one attached hydrogen (secondary N) is 1. The number of phenols is 1. The zero-order valence-corrected chi connectivity index (χ0v) is 23.4. The molecule has 2 fully saturated rings. The van der Waals surface area contributed by atoms with Gasteiger partial charge in [-0.3, -0.25) is 19.2 Å². The van der Waals surface area contributed by atoms with Crippen molar-refractivity contribution in [2.24, 2.45) is 35.3 Å². The van der Waals surface area contributed by atoms with Gasteiger partial charge in [0.25, 0.3) is 0 Å². The van der Waals surface area contributed by atoms with Gasteiger partial charge in [-0.05, 0) is 56.9 Å². The Morgan fingerprint density at radius 3 is 2.36 bits per heavy atom. The molecule has 4 rings (SSSR count). The number of fused-ring (bicyclic) bond motifs is 3. The summed E-state index contributed by atoms with van der Waals surface area (Å²) in [6, 6.07) is 0.909. The monoisotopic (exact) mass is 544 g/mol. The molecule has 7 atom stereocenters. The Morgan fingerprint density at radius 1 is 1.18 bits per heavy atom. The summed E-state index contributed by atoms with van der Waals surface area (Å²) in [6.07, 6.45) is -1.18. The quantitative estimate of drug-likeness (QED) is 0.281. The van der Waals surface area contributed by atoms with Gasteiger partial charge in [0.05, 0.1) is 17.6 Å². The first kappa shape index (κ1) is 29.1. The number of aliphatic hydroxyl groups is 2. The fourth-order valence-electron chi connectivity index (χ4n) is 6.95. The lowest BCUT2D eigenvalue weighted by Gasteiger charge is -2.55. The fourth-order valence-corrected chi connectivity index (χ4v) is 6.95. The summed E-state index contributed by atoms with van der Waals surface area (Å²) in [7, 11) is 6.91. The lowest BCUT2D eigenvalue weighted by Crippen LogP contribution is -2.75. The van der Waals surface area contributed by atoms with Gasteiger partial charge in [-0.25, -0.2) is 0 Å². The van der Waals surface area contributed by atoms with E-state index in [-0.39, 0.29) is 24.2 Å². The summed E-state index contributed by atoms with van der Waals surface area (Å²) in [5.41, 5.74) is 4.63. The molecule has 11 heteroatoms. The van der Waals surface area contributed by atoms with Crippen molar-refractivity contribution in [3.63, 3.8) is 0 Å². The summed E-state index contributed by atoms with van der Waals surface area (Å²) in [6.45, 7) is 5.11. The maximum Gasteiger partial charge on any atom is 0.230 e. The van der Waals surface area contributed by atoms with Crippen LogP contribution in [0.1, 0.15) is 41.8 Å². The zero-order chi connectivity index (χ0) is 29.1. The van der Waals surface area contributed by atoms with Crippen LogP contribution in [0.2, 0.25) is 0 Å². The summed E-state index contributed by atoms with van der Waals surface area (Å²) in [5.74, 6) is -8.61. The molecule has 0 bridgehead atoms. The highest BCUT2D eigenvalue weighted by molar-refractivity contribution is 6.25. The largest absolute Gasteiger partial charge is 0.507 e. The third kappa shape index (κ3) is 4.45. The Morgan fingerprint density at radius 2 is 1.82 bits per heavy atom. The number of phenolic OH excluding ortho intramolecular Hbond substituents is 1. The number of ketones is 3. The Balaban J connectivity index is 1.83. The van der Waals surface area contributed by atoms with Gasteiger partial charge in [0.2, 0.25) is 5.91 Å². The molecular formula is C28H40N4O7. The Labute approximate surface area is 228 Å². The molecule has 1 amide bonds. The molecule has 3 aliphatic rings. The average molecular weight is 545 g/mol. The van der Waals surface area contributed by atoms with Crippen LogP contribution in [0.25, 0.3) is 0 Å². The van der Waals surface area contributed by atoms with Crippen molar-refractivity contribution in [1.29, 1.82) is 0 Å². The van der Waals surface area contributed by atoms with E-state index in [1.54, 1.807) is 19.0 Å². The van der Waals surface area contributed by atoms with Crippen LogP contribution in [0.15, 0.2) is 6.07 Å². The number of rotatable bonds is 7. The first-order chi connectivity index (χ1) is 18.1. The Hall–Kier alpha value is -2.86. The highest BCUT2D eigenvalue weighted by Gasteiger charge is 2.69. The van der Waals surface area contributed by atoms with E-state index >= 15 is 0 Å². The number of carbonyl (C=O) groups is 4. The van der Waals surface area contributed by atoms with Crippen molar-refractivity contribution < 1.29 is 34.5 Å². The van der Waals surface area contributed by atoms with Crippen molar-refractivity contribution in [2.75, 3.05) is 39.6 Å². The Kier molecular flexibility index (Phi) is 7.67. The van der Waals surface area contributed by atoms with E-state index in [9.17, 15) is 34.5 Å². The minimum Gasteiger partial charge on any atom is -0.507 e. The molecule has 1 aromatic rings. The number of aliphatic hydroxyl groups excluding tert-OH is 1. The molecule has 0 heterocycles. The van der Waals surface area contributed by atoms with Crippen LogP contribution in [-0.4, -0.2) is 96.0 Å². The second-order valence-corrected chi connectivity index (χ2v) is 12.1. The first-order valence-electron chi connectivity index (χ1n) is 13.4. The van der Waals surface area contributed by atoms with E-state index in [0.29, 0.717) is 30.1 Å². The lowest BCUT2D eigenvalue weighted by atomic mass is 9.52. The molecule has 2 saturated carbocycles. The van der Waals surface area contributed by atoms with Gasteiger partial charge in [-0.2, -0.15) is 0 Å². The van der Waals surface area contributed by atoms with Crippen LogP contribution in [0, 0.1) is 29.6 Å². The summed E-state index contributed by atoms with van der Waals surface area (Å²) < 4.78 is 0. The number of primary amides is 1. The molecule has 1 aromatic carbocycles. The molecule has 6 N–H and O–H groups in total. The van der Waals surface area contributed by atoms with Crippen LogP contribution in [0.5, 0.6) is 5.75 Å². The SMILES string of the molecule is CC(C)CNCc1cc(N(C)C)c2c(c1O)C(=O)C1C(=O)[C@@]3(O)C(=O)C(C(N)=O)C(O)C(N(C)C)[C@H]3C[C@H]1C2. The van der Waals surface area contributed by atoms with E-state index in [0.717, 1.165) is 5.69 Å². The lowest BCUT2D eigenvalue weighted by molar-refractivity contribution is -0.190. The smallest absolute Gasteiger partial charge is 0.230 e. The van der Waals surface area contributed by atoms with Crippen molar-refractivity contribution in [3.8, 4) is 5.75 Å². The molecule has 0 radical (unpaired) electrons. The van der Waals surface area contributed by atoms with E-state index in [4.69, 9.17) is 5.73 Å². The van der Waals surface area contributed by atoms with E-state index in [1.165, 1.54) is 0 Å². The predicted octanol–water partition coefficient (Wildman–Crippen LogP) is -0.530. The van der Waals surface area contributed by atoms with Crippen molar-refractivity contribution in [1.82, 2.24) is 10.2 Å². The highest BCUT2D eigenvalue weighted by Crippen LogP contribution is 2.52. The van der Waals surface area contributed by atoms with Gasteiger partial charge in [0.1, 0.15) is 11.7 Å². The number of likely N-dealkylation sites (N-methyl/N-ethyl adjacent to an activating group) is 1. The van der Waals surface area contributed by atoms with Gasteiger partial charge in [-0.1, -0.05) is 13.8 Å². The molecule has 11 nitrogen and oxygen atoms in total. The topological polar surface area (TPSA) is 174 Å². The molecule has 0 saturated heterocycles. The number of nitrogens with two attached hydrogens (primary N) is 1. The van der Waals surface area contributed by atoms with Gasteiger partial charge >= 0.3 is 0 Å². The van der Waals surface area contributed by atoms with Gasteiger partial charge < -0.3 is 36.2 Å². The van der Waals surface area contributed by atoms with E-state index < -0.39 is 64.7 Å². The predicted molar refractivity (Wildman–Crippen MR) is 143 cm³/mol. The van der Waals surface area contributed by atoms with E-state index in [2.05, 4.69) is 19.2 Å². The molecule has 0 aliphatic heterocycles. The standard InChI is InChI=1S/C28H40N4O7/c1-12(2)10-30-11-14-9-17(31(3)4)15-7-13-8-16-21(32(5)6)24(35)20(27(29)38)26(37)28(16,39)25(36)18(13)23(34)19(15)22(14)33/h9,12-13,16,18,20-21,24,30,33,35,39H,7-8,10-11H2,1-6H3,(H2,29,38)/t13-,16-,18?,20?,21?,24?,28-/m1/s1. The Bertz CT molecular complexity index is 1210. The van der Waals surface area contributed by atoms with Crippen LogP contribution in [-0.2, 0) is 27.3 Å². The average Bonchev–Trinajstić information content (AvgIpc) is 2.81. The maximum atomic E-state index is 14.0. The highest BCUT2D eigenvalue weighted by atomic mass is 16.3. The number of benzene rings is 1. The van der Waals surface area contributed by atoms with Crippen molar-refractivity contribution >= 4 is 28.9 Å². The second kappa shape index (κ2) is 10.3. The third-order valence-electron chi connectivity index (χ3n) is 8.70. The molecular weight excluding hydrogens is 504 g/mol. The number of carbonyl (C=O) groups excluding carboxylic acids is 4. The first-order valence-corrected chi connectivity index (χ1v) is 13.4. The van der Waals surface area contributed by atoms with Crippen molar-refractivity contribution in [2.45, 2.75) is 51.0 Å². The molecule has 0 aromatic heterocycles. The molecule has 4 unspecified atom stereocenters. The van der Waals surface area contributed by atoms with Crippen molar-refractivity contribution in [3.05, 3.63) is 22.8 Å². The number of nitrogens with zero attached hydrogens (tertiary/aromatic N) is 2. The van der Waals surface area contributed by atoms with E-state index in [1.807, 2.05) is 25.1 Å². The van der Waals surface area contributed by atoms with Gasteiger partial charge in [-0.15, -0.1) is 0 Å². The zero-order valence-electron chi connectivity index (χ0n) is 23.4. The maximum absolute atomic E-state index is 14.0. The van der Waals surface area contributed by atoms with Crippen LogP contribution in [0.4, 0.5) is 5.69 Å². The minimum atomic E-state index is -2.67. The molecule has 214 valence electrons. The number of Topliss-reactive ketones (excluding diaryl/α,β-unsaturated/α-hetero) is 3. The fraction of sp³-hybridized carbons (Fsp3) is 0.643. The molecule has 0 spiro atoms. The molecule has 39 heavy (non-hydrogen) atoms. The number of aromatic hydroxyl groups is 1. The summed E-state index contributed by atoms with van der Waals surface area (Å²) in [5, 5.41) is 37.2. The number of amides is 1. The van der Waals surface area contributed by atoms with Gasteiger partial charge in [0.15, 0.2) is 23.0 Å². The van der Waals surface area contributed by atoms with Gasteiger partial charge in [0, 0.05) is 43.9 Å². The number of hydrogen-bond donors (Lipinski definition) is 5. The normalized spacial score (nSPS) is 32.2. The summed E-state index contributed by atoms with van der Waals surface area (Å²) in [4.78, 5) is 57.1. The minimum absolute atomic E-state index is 0.0260. The second-order valence-electron chi connectivity index (χ2n) is 12.1. The number of anilines is 1. The van der Waals surface area contributed by atoms with Crippen LogP contribution in [0.3, 0.4) is 0 Å².